The molecule has 0 aromatic heterocycles. The fraction of sp³-hybridized carbons (Fsp3) is 0.800. The van der Waals surface area contributed by atoms with Gasteiger partial charge in [0.05, 0.1) is 12.0 Å². The minimum absolute atomic E-state index is 0.142. The number of rotatable bonds is 3. The van der Waals surface area contributed by atoms with Crippen molar-refractivity contribution < 1.29 is 8.98 Å². The van der Waals surface area contributed by atoms with Crippen molar-refractivity contribution in [3.05, 3.63) is 0 Å². The van der Waals surface area contributed by atoms with Crippen LogP contribution in [0.25, 0.3) is 0 Å². The highest BCUT2D eigenvalue weighted by atomic mass is 32.2. The van der Waals surface area contributed by atoms with Crippen molar-refractivity contribution >= 4 is 18.0 Å². The quantitative estimate of drug-likeness (QED) is 0.548. The first-order valence-corrected chi connectivity index (χ1v) is 3.54. The molecule has 0 bridgehead atoms. The van der Waals surface area contributed by atoms with Crippen LogP contribution in [0.4, 0.5) is 0 Å². The normalized spacial score (nSPS) is 8.75. The Balaban J connectivity index is 2.99. The highest BCUT2D eigenvalue weighted by Gasteiger charge is 1.94. The summed E-state index contributed by atoms with van der Waals surface area (Å²) in [5.41, 5.74) is 0. The largest absolute Gasteiger partial charge is 0.391 e. The molecule has 0 saturated heterocycles. The minimum Gasteiger partial charge on any atom is -0.391 e. The van der Waals surface area contributed by atoms with Crippen LogP contribution in [0.15, 0.2) is 0 Å². The van der Waals surface area contributed by atoms with Gasteiger partial charge >= 0.3 is 5.97 Å². The van der Waals surface area contributed by atoms with Crippen LogP contribution in [0.3, 0.4) is 0 Å². The third-order valence-corrected chi connectivity index (χ3v) is 1.10. The van der Waals surface area contributed by atoms with Gasteiger partial charge in [0.25, 0.3) is 0 Å². The number of hydrogen-bond donors (Lipinski definition) is 0. The summed E-state index contributed by atoms with van der Waals surface area (Å²) in [6.07, 6.45) is 0.465. The summed E-state index contributed by atoms with van der Waals surface area (Å²) in [7, 11) is 0. The Morgan fingerprint density at radius 1 is 1.62 bits per heavy atom. The van der Waals surface area contributed by atoms with Gasteiger partial charge in [0.2, 0.25) is 0 Å². The Morgan fingerprint density at radius 2 is 2.25 bits per heavy atom. The molecule has 2 nitrogen and oxygen atoms in total. The van der Waals surface area contributed by atoms with Gasteiger partial charge in [-0.25, -0.2) is 0 Å². The maximum Gasteiger partial charge on any atom is 0.317 e. The van der Waals surface area contributed by atoms with E-state index in [0.717, 1.165) is 5.75 Å². The second-order valence-electron chi connectivity index (χ2n) is 1.22. The first-order chi connectivity index (χ1) is 3.81. The second-order valence-corrected chi connectivity index (χ2v) is 2.20. The summed E-state index contributed by atoms with van der Waals surface area (Å²) in [6, 6.07) is 0. The zero-order valence-electron chi connectivity index (χ0n) is 5.14. The molecule has 0 aliphatic rings. The molecule has 0 N–H and O–H groups in total. The molecule has 0 saturated carbocycles. The fourth-order valence-corrected chi connectivity index (χ4v) is 0.551. The predicted octanol–water partition coefficient (Wildman–Crippen LogP) is 1.61. The summed E-state index contributed by atoms with van der Waals surface area (Å²) in [5, 5.41) is 0. The minimum atomic E-state index is -0.142. The van der Waals surface area contributed by atoms with Crippen molar-refractivity contribution in [2.24, 2.45) is 0 Å². The first kappa shape index (κ1) is 7.82. The molecule has 0 aromatic rings. The summed E-state index contributed by atoms with van der Waals surface area (Å²) in [6.45, 7) is 3.71. The molecule has 0 radical (unpaired) electrons. The van der Waals surface area contributed by atoms with Gasteiger partial charge in [0.1, 0.15) is 0 Å². The van der Waals surface area contributed by atoms with Crippen LogP contribution in [0.2, 0.25) is 0 Å². The lowest BCUT2D eigenvalue weighted by Crippen LogP contribution is -1.94. The molecule has 3 heteroatoms. The maximum atomic E-state index is 10.3. The van der Waals surface area contributed by atoms with Crippen molar-refractivity contribution in [2.45, 2.75) is 20.3 Å². The fourth-order valence-electron chi connectivity index (χ4n) is 0.184. The molecule has 0 atom stereocenters. The smallest absolute Gasteiger partial charge is 0.317 e. The third kappa shape index (κ3) is 3.99. The number of hydrogen-bond acceptors (Lipinski definition) is 3. The van der Waals surface area contributed by atoms with E-state index in [1.165, 1.54) is 12.0 Å². The van der Waals surface area contributed by atoms with Gasteiger partial charge in [0, 0.05) is 12.2 Å². The van der Waals surface area contributed by atoms with E-state index >= 15 is 0 Å². The van der Waals surface area contributed by atoms with E-state index in [1.54, 1.807) is 6.92 Å². The van der Waals surface area contributed by atoms with Crippen LogP contribution in [0.1, 0.15) is 20.3 Å². The van der Waals surface area contributed by atoms with E-state index in [9.17, 15) is 4.79 Å². The van der Waals surface area contributed by atoms with E-state index in [1.807, 2.05) is 6.92 Å². The van der Waals surface area contributed by atoms with Gasteiger partial charge in [0.15, 0.2) is 0 Å². The standard InChI is InChI=1S/C5H10O2S/c1-3-5(6)7-8-4-2/h3-4H2,1-2H3. The zero-order chi connectivity index (χ0) is 6.41. The van der Waals surface area contributed by atoms with Gasteiger partial charge in [-0.2, -0.15) is 0 Å². The van der Waals surface area contributed by atoms with Gasteiger partial charge in [-0.15, -0.1) is 0 Å². The molecule has 0 aliphatic heterocycles. The molecule has 0 spiro atoms. The average molecular weight is 134 g/mol. The van der Waals surface area contributed by atoms with Crippen LogP contribution in [0.5, 0.6) is 0 Å². The SMILES string of the molecule is CCSOC(=O)CC. The summed E-state index contributed by atoms with van der Waals surface area (Å²) >= 11 is 1.19. The van der Waals surface area contributed by atoms with Crippen molar-refractivity contribution in [2.75, 3.05) is 5.75 Å². The Bertz CT molecular complexity index is 72.8. The molecule has 0 amide bonds. The summed E-state index contributed by atoms with van der Waals surface area (Å²) in [5.74, 6) is 0.683. The topological polar surface area (TPSA) is 26.3 Å². The molecule has 0 rings (SSSR count). The Morgan fingerprint density at radius 3 is 2.62 bits per heavy atom. The molecule has 0 fully saturated rings. The average Bonchev–Trinajstić information content (AvgIpc) is 1.83. The molecule has 0 aliphatic carbocycles. The van der Waals surface area contributed by atoms with Crippen molar-refractivity contribution in [1.29, 1.82) is 0 Å². The molecule has 0 aromatic carbocycles. The van der Waals surface area contributed by atoms with Crippen LogP contribution < -0.4 is 0 Å². The van der Waals surface area contributed by atoms with Gasteiger partial charge in [-0.3, -0.25) is 4.79 Å². The van der Waals surface area contributed by atoms with Crippen molar-refractivity contribution in [3.63, 3.8) is 0 Å². The van der Waals surface area contributed by atoms with Crippen LogP contribution in [-0.4, -0.2) is 11.7 Å². The first-order valence-electron chi connectivity index (χ1n) is 2.63. The van der Waals surface area contributed by atoms with E-state index < -0.39 is 0 Å². The lowest BCUT2D eigenvalue weighted by molar-refractivity contribution is -0.132. The number of carbonyl (C=O) groups excluding carboxylic acids is 1. The van der Waals surface area contributed by atoms with Gasteiger partial charge in [-0.05, 0) is 0 Å². The van der Waals surface area contributed by atoms with Crippen LogP contribution in [-0.2, 0) is 8.98 Å². The second kappa shape index (κ2) is 4.97. The summed E-state index contributed by atoms with van der Waals surface area (Å²) < 4.78 is 4.62. The molecular formula is C5H10O2S. The third-order valence-electron chi connectivity index (χ3n) is 0.558. The molecule has 0 heterocycles. The predicted molar refractivity (Wildman–Crippen MR) is 34.5 cm³/mol. The Hall–Kier alpha value is -0.180. The molecule has 8 heavy (non-hydrogen) atoms. The highest BCUT2D eigenvalue weighted by molar-refractivity contribution is 7.95. The zero-order valence-corrected chi connectivity index (χ0v) is 5.96. The van der Waals surface area contributed by atoms with Crippen molar-refractivity contribution in [1.82, 2.24) is 0 Å². The van der Waals surface area contributed by atoms with E-state index in [2.05, 4.69) is 4.18 Å². The lowest BCUT2D eigenvalue weighted by atomic mass is 10.5. The van der Waals surface area contributed by atoms with Crippen molar-refractivity contribution in [3.8, 4) is 0 Å². The monoisotopic (exact) mass is 134 g/mol. The van der Waals surface area contributed by atoms with Gasteiger partial charge < -0.3 is 4.18 Å². The van der Waals surface area contributed by atoms with Crippen LogP contribution in [0, 0.1) is 0 Å². The van der Waals surface area contributed by atoms with E-state index in [0.29, 0.717) is 6.42 Å². The van der Waals surface area contributed by atoms with E-state index in [4.69, 9.17) is 0 Å². The molecule has 48 valence electrons. The maximum absolute atomic E-state index is 10.3. The Labute approximate surface area is 53.8 Å². The van der Waals surface area contributed by atoms with Gasteiger partial charge in [-0.1, -0.05) is 13.8 Å². The molecular weight excluding hydrogens is 124 g/mol. The highest BCUT2D eigenvalue weighted by Crippen LogP contribution is 2.01. The Kier molecular flexibility index (Phi) is 4.85. The van der Waals surface area contributed by atoms with E-state index in [-0.39, 0.29) is 5.97 Å². The van der Waals surface area contributed by atoms with Crippen LogP contribution >= 0.6 is 12.0 Å². The summed E-state index contributed by atoms with van der Waals surface area (Å²) in [4.78, 5) is 10.3. The number of carbonyl (C=O) groups is 1. The molecule has 0 unspecified atom stereocenters. The lowest BCUT2D eigenvalue weighted by Gasteiger charge is -1.94.